The van der Waals surface area contributed by atoms with Gasteiger partial charge in [-0.05, 0) is 12.1 Å². The first kappa shape index (κ1) is 17.8. The van der Waals surface area contributed by atoms with Crippen LogP contribution in [0.3, 0.4) is 0 Å². The summed E-state index contributed by atoms with van der Waals surface area (Å²) < 4.78 is 32.8. The van der Waals surface area contributed by atoms with Crippen molar-refractivity contribution in [1.82, 2.24) is 9.97 Å². The van der Waals surface area contributed by atoms with Crippen LogP contribution in [0.25, 0.3) is 33.5 Å². The standard InChI is InChI=1S/C21H13N3O3S/c22-13-16-18(28(25,26)27)12-11-17-21(16)24-20(15-9-5-2-6-10-15)19(23-17)14-7-3-1-4-8-14/h1-12H,(H,25,26,27). The van der Waals surface area contributed by atoms with Crippen LogP contribution in [0.15, 0.2) is 77.7 Å². The Bertz CT molecular complexity index is 1330. The van der Waals surface area contributed by atoms with Crippen LogP contribution in [0.1, 0.15) is 5.56 Å². The maximum absolute atomic E-state index is 11.7. The van der Waals surface area contributed by atoms with Crippen LogP contribution in [0.2, 0.25) is 0 Å². The highest BCUT2D eigenvalue weighted by molar-refractivity contribution is 7.86. The number of fused-ring (bicyclic) bond motifs is 1. The molecule has 0 saturated heterocycles. The molecule has 0 atom stereocenters. The summed E-state index contributed by atoms with van der Waals surface area (Å²) in [5.74, 6) is 0. The van der Waals surface area contributed by atoms with Gasteiger partial charge in [0, 0.05) is 11.1 Å². The molecule has 1 heterocycles. The number of hydrogen-bond acceptors (Lipinski definition) is 5. The lowest BCUT2D eigenvalue weighted by molar-refractivity contribution is 0.483. The number of aromatic nitrogens is 2. The van der Waals surface area contributed by atoms with Crippen LogP contribution in [-0.2, 0) is 10.1 Å². The van der Waals surface area contributed by atoms with Crippen molar-refractivity contribution in [2.45, 2.75) is 4.90 Å². The van der Waals surface area contributed by atoms with E-state index < -0.39 is 15.0 Å². The second-order valence-electron chi connectivity index (χ2n) is 6.05. The van der Waals surface area contributed by atoms with Crippen molar-refractivity contribution in [2.75, 3.05) is 0 Å². The number of nitriles is 1. The second kappa shape index (κ2) is 6.85. The zero-order chi connectivity index (χ0) is 19.7. The molecule has 136 valence electrons. The van der Waals surface area contributed by atoms with Gasteiger partial charge < -0.3 is 0 Å². The summed E-state index contributed by atoms with van der Waals surface area (Å²) in [7, 11) is -4.57. The third-order valence-electron chi connectivity index (χ3n) is 4.28. The Kier molecular flexibility index (Phi) is 4.35. The summed E-state index contributed by atoms with van der Waals surface area (Å²) in [5.41, 5.74) is 3.00. The summed E-state index contributed by atoms with van der Waals surface area (Å²) in [6, 6.07) is 23.2. The third-order valence-corrected chi connectivity index (χ3v) is 5.18. The molecule has 0 aliphatic heterocycles. The Labute approximate surface area is 161 Å². The van der Waals surface area contributed by atoms with Crippen LogP contribution >= 0.6 is 0 Å². The van der Waals surface area contributed by atoms with Crippen LogP contribution in [0.4, 0.5) is 0 Å². The number of nitrogens with zero attached hydrogens (tertiary/aromatic N) is 3. The molecule has 1 N–H and O–H groups in total. The van der Waals surface area contributed by atoms with Crippen molar-refractivity contribution in [1.29, 1.82) is 5.26 Å². The molecule has 0 bridgehead atoms. The van der Waals surface area contributed by atoms with E-state index in [1.807, 2.05) is 66.7 Å². The van der Waals surface area contributed by atoms with Gasteiger partial charge in [0.25, 0.3) is 10.1 Å². The fraction of sp³-hybridized carbons (Fsp3) is 0. The summed E-state index contributed by atoms with van der Waals surface area (Å²) in [6.45, 7) is 0. The Morgan fingerprint density at radius 3 is 1.82 bits per heavy atom. The molecule has 0 radical (unpaired) electrons. The molecule has 0 fully saturated rings. The molecule has 1 aromatic heterocycles. The molecule has 0 aliphatic rings. The first-order chi connectivity index (χ1) is 13.5. The minimum atomic E-state index is -4.57. The maximum atomic E-state index is 11.7. The number of hydrogen-bond donors (Lipinski definition) is 1. The zero-order valence-electron chi connectivity index (χ0n) is 14.4. The average molecular weight is 387 g/mol. The van der Waals surface area contributed by atoms with Gasteiger partial charge in [0.15, 0.2) is 0 Å². The lowest BCUT2D eigenvalue weighted by Gasteiger charge is -2.12. The van der Waals surface area contributed by atoms with E-state index in [0.29, 0.717) is 16.9 Å². The molecule has 6 nitrogen and oxygen atoms in total. The second-order valence-corrected chi connectivity index (χ2v) is 7.44. The molecular formula is C21H13N3O3S. The highest BCUT2D eigenvalue weighted by Gasteiger charge is 2.21. The molecule has 28 heavy (non-hydrogen) atoms. The monoisotopic (exact) mass is 387 g/mol. The Morgan fingerprint density at radius 1 is 0.786 bits per heavy atom. The highest BCUT2D eigenvalue weighted by Crippen LogP contribution is 2.33. The van der Waals surface area contributed by atoms with Crippen molar-refractivity contribution >= 4 is 21.2 Å². The van der Waals surface area contributed by atoms with Crippen LogP contribution in [0, 0.1) is 11.3 Å². The first-order valence-corrected chi connectivity index (χ1v) is 9.76. The zero-order valence-corrected chi connectivity index (χ0v) is 15.3. The first-order valence-electron chi connectivity index (χ1n) is 8.32. The van der Waals surface area contributed by atoms with Gasteiger partial charge in [0.2, 0.25) is 0 Å². The fourth-order valence-corrected chi connectivity index (χ4v) is 3.66. The molecular weight excluding hydrogens is 374 g/mol. The molecule has 4 rings (SSSR count). The predicted molar refractivity (Wildman–Crippen MR) is 105 cm³/mol. The SMILES string of the molecule is N#Cc1c(S(=O)(=O)O)ccc2nc(-c3ccccc3)c(-c3ccccc3)nc12. The van der Waals surface area contributed by atoms with Crippen LogP contribution in [0.5, 0.6) is 0 Å². The smallest absolute Gasteiger partial charge is 0.282 e. The molecule has 0 aliphatic carbocycles. The molecule has 0 unspecified atom stereocenters. The van der Waals surface area contributed by atoms with E-state index in [2.05, 4.69) is 9.97 Å². The van der Waals surface area contributed by atoms with Crippen molar-refractivity contribution < 1.29 is 13.0 Å². The van der Waals surface area contributed by atoms with Gasteiger partial charge in [-0.3, -0.25) is 4.55 Å². The lowest BCUT2D eigenvalue weighted by atomic mass is 10.0. The Hall–Kier alpha value is -3.60. The van der Waals surface area contributed by atoms with Crippen molar-refractivity contribution in [3.05, 3.63) is 78.4 Å². The highest BCUT2D eigenvalue weighted by atomic mass is 32.2. The molecule has 3 aromatic carbocycles. The van der Waals surface area contributed by atoms with E-state index in [0.717, 1.165) is 11.1 Å². The van der Waals surface area contributed by atoms with E-state index in [4.69, 9.17) is 0 Å². The largest absolute Gasteiger partial charge is 0.295 e. The summed E-state index contributed by atoms with van der Waals surface area (Å²) in [4.78, 5) is 8.79. The summed E-state index contributed by atoms with van der Waals surface area (Å²) in [6.07, 6.45) is 0. The predicted octanol–water partition coefficient (Wildman–Crippen LogP) is 4.08. The minimum Gasteiger partial charge on any atom is -0.282 e. The lowest BCUT2D eigenvalue weighted by Crippen LogP contribution is -2.04. The summed E-state index contributed by atoms with van der Waals surface area (Å²) >= 11 is 0. The van der Waals surface area contributed by atoms with Crippen molar-refractivity contribution in [2.24, 2.45) is 0 Å². The van der Waals surface area contributed by atoms with Crippen LogP contribution in [-0.4, -0.2) is 22.9 Å². The summed E-state index contributed by atoms with van der Waals surface area (Å²) in [5, 5.41) is 9.53. The fourth-order valence-electron chi connectivity index (χ4n) is 3.02. The van der Waals surface area contributed by atoms with E-state index in [-0.39, 0.29) is 11.1 Å². The Morgan fingerprint density at radius 2 is 1.32 bits per heavy atom. The van der Waals surface area contributed by atoms with E-state index >= 15 is 0 Å². The van der Waals surface area contributed by atoms with Gasteiger partial charge in [-0.25, -0.2) is 9.97 Å². The topological polar surface area (TPSA) is 104 Å². The van der Waals surface area contributed by atoms with E-state index in [1.165, 1.54) is 12.1 Å². The number of rotatable bonds is 3. The van der Waals surface area contributed by atoms with Crippen molar-refractivity contribution in [3.8, 4) is 28.6 Å². The average Bonchev–Trinajstić information content (AvgIpc) is 2.72. The maximum Gasteiger partial charge on any atom is 0.295 e. The third kappa shape index (κ3) is 3.11. The molecule has 0 saturated carbocycles. The van der Waals surface area contributed by atoms with Gasteiger partial charge in [0.05, 0.1) is 16.9 Å². The van der Waals surface area contributed by atoms with Gasteiger partial charge in [-0.15, -0.1) is 0 Å². The van der Waals surface area contributed by atoms with Crippen LogP contribution < -0.4 is 0 Å². The molecule has 0 amide bonds. The van der Waals surface area contributed by atoms with Gasteiger partial charge >= 0.3 is 0 Å². The number of benzene rings is 3. The molecule has 4 aromatic rings. The molecule has 0 spiro atoms. The van der Waals surface area contributed by atoms with Gasteiger partial charge in [-0.2, -0.15) is 13.7 Å². The van der Waals surface area contributed by atoms with Gasteiger partial charge in [0.1, 0.15) is 22.0 Å². The normalized spacial score (nSPS) is 11.3. The Balaban J connectivity index is 2.12. The minimum absolute atomic E-state index is 0.121. The van der Waals surface area contributed by atoms with E-state index in [1.54, 1.807) is 0 Å². The van der Waals surface area contributed by atoms with Gasteiger partial charge in [-0.1, -0.05) is 60.7 Å². The van der Waals surface area contributed by atoms with E-state index in [9.17, 15) is 18.2 Å². The molecule has 7 heteroatoms. The quantitative estimate of drug-likeness (QED) is 0.531. The van der Waals surface area contributed by atoms with Crippen molar-refractivity contribution in [3.63, 3.8) is 0 Å².